The summed E-state index contributed by atoms with van der Waals surface area (Å²) in [7, 11) is 0. The van der Waals surface area contributed by atoms with Gasteiger partial charge in [0.2, 0.25) is 0 Å². The first-order valence-corrected chi connectivity index (χ1v) is 9.01. The van der Waals surface area contributed by atoms with E-state index in [4.69, 9.17) is 4.42 Å². The van der Waals surface area contributed by atoms with Crippen molar-refractivity contribution in [1.29, 1.82) is 0 Å². The van der Waals surface area contributed by atoms with Gasteiger partial charge >= 0.3 is 5.76 Å². The van der Waals surface area contributed by atoms with Gasteiger partial charge in [0.25, 0.3) is 5.91 Å². The highest BCUT2D eigenvalue weighted by atomic mass is 16.4. The minimum absolute atomic E-state index is 0.0246. The van der Waals surface area contributed by atoms with Crippen molar-refractivity contribution in [3.05, 3.63) is 77.3 Å². The van der Waals surface area contributed by atoms with E-state index in [2.05, 4.69) is 23.6 Å². The number of carbonyl (C=O) groups is 1. The van der Waals surface area contributed by atoms with E-state index in [1.807, 2.05) is 23.1 Å². The Morgan fingerprint density at radius 2 is 1.81 bits per heavy atom. The van der Waals surface area contributed by atoms with Crippen molar-refractivity contribution in [3.63, 3.8) is 0 Å². The highest BCUT2D eigenvalue weighted by Crippen LogP contribution is 2.19. The number of oxazole rings is 1. The van der Waals surface area contributed by atoms with Crippen molar-refractivity contribution in [3.8, 4) is 0 Å². The minimum Gasteiger partial charge on any atom is -0.408 e. The third-order valence-electron chi connectivity index (χ3n) is 4.91. The van der Waals surface area contributed by atoms with Crippen molar-refractivity contribution < 1.29 is 9.21 Å². The molecule has 6 nitrogen and oxygen atoms in total. The van der Waals surface area contributed by atoms with E-state index in [1.165, 1.54) is 10.3 Å². The fourth-order valence-corrected chi connectivity index (χ4v) is 3.49. The number of amides is 1. The Hall–Kier alpha value is -3.28. The maximum absolute atomic E-state index is 12.9. The second-order valence-electron chi connectivity index (χ2n) is 6.56. The number of fused-ring (bicyclic) bond motifs is 1. The highest BCUT2D eigenvalue weighted by Gasteiger charge is 2.23. The van der Waals surface area contributed by atoms with Crippen LogP contribution in [0.25, 0.3) is 11.1 Å². The van der Waals surface area contributed by atoms with Crippen molar-refractivity contribution in [2.24, 2.45) is 0 Å². The molecule has 3 aromatic rings. The van der Waals surface area contributed by atoms with Gasteiger partial charge in [-0.05, 0) is 30.3 Å². The first-order valence-electron chi connectivity index (χ1n) is 9.01. The summed E-state index contributed by atoms with van der Waals surface area (Å²) in [6.45, 7) is 6.93. The summed E-state index contributed by atoms with van der Waals surface area (Å²) in [5, 5.41) is 0. The molecule has 1 amide bonds. The molecule has 1 aliphatic rings. The van der Waals surface area contributed by atoms with E-state index in [1.54, 1.807) is 24.3 Å². The topological polar surface area (TPSA) is 58.7 Å². The summed E-state index contributed by atoms with van der Waals surface area (Å²) in [5.74, 6) is -0.464. The molecule has 1 fully saturated rings. The van der Waals surface area contributed by atoms with Gasteiger partial charge in [0, 0.05) is 44.0 Å². The number of aromatic nitrogens is 1. The van der Waals surface area contributed by atoms with Gasteiger partial charge in [-0.1, -0.05) is 24.3 Å². The molecule has 1 saturated heterocycles. The molecule has 0 radical (unpaired) electrons. The molecule has 2 heterocycles. The SMILES string of the molecule is C=CCn1c(=O)oc2ccc(C(=O)N3CCN(c4ccccc4)CC3)cc21. The second kappa shape index (κ2) is 7.15. The summed E-state index contributed by atoms with van der Waals surface area (Å²) >= 11 is 0. The Morgan fingerprint density at radius 3 is 2.52 bits per heavy atom. The average Bonchev–Trinajstić information content (AvgIpc) is 3.03. The molecule has 0 saturated carbocycles. The first-order chi connectivity index (χ1) is 13.2. The molecule has 0 N–H and O–H groups in total. The molecule has 1 aliphatic heterocycles. The van der Waals surface area contributed by atoms with E-state index in [-0.39, 0.29) is 5.91 Å². The van der Waals surface area contributed by atoms with E-state index >= 15 is 0 Å². The van der Waals surface area contributed by atoms with Crippen LogP contribution in [-0.4, -0.2) is 41.6 Å². The molecule has 0 bridgehead atoms. The quantitative estimate of drug-likeness (QED) is 0.669. The van der Waals surface area contributed by atoms with Crippen LogP contribution >= 0.6 is 0 Å². The lowest BCUT2D eigenvalue weighted by atomic mass is 10.1. The van der Waals surface area contributed by atoms with Gasteiger partial charge in [0.15, 0.2) is 5.58 Å². The van der Waals surface area contributed by atoms with E-state index in [0.29, 0.717) is 36.3 Å². The third kappa shape index (κ3) is 3.26. The minimum atomic E-state index is -0.439. The molecule has 4 rings (SSSR count). The average molecular weight is 363 g/mol. The lowest BCUT2D eigenvalue weighted by molar-refractivity contribution is 0.0747. The van der Waals surface area contributed by atoms with E-state index in [9.17, 15) is 9.59 Å². The normalized spacial score (nSPS) is 14.5. The number of hydrogen-bond donors (Lipinski definition) is 0. The zero-order valence-corrected chi connectivity index (χ0v) is 15.0. The summed E-state index contributed by atoms with van der Waals surface area (Å²) in [4.78, 5) is 29.0. The van der Waals surface area contributed by atoms with Crippen LogP contribution in [0, 0.1) is 0 Å². The number of benzene rings is 2. The van der Waals surface area contributed by atoms with Gasteiger partial charge in [-0.3, -0.25) is 9.36 Å². The molecular weight excluding hydrogens is 342 g/mol. The highest BCUT2D eigenvalue weighted by molar-refractivity contribution is 5.97. The molecular formula is C21H21N3O3. The van der Waals surface area contributed by atoms with Crippen LogP contribution in [-0.2, 0) is 6.54 Å². The van der Waals surface area contributed by atoms with Crippen molar-refractivity contribution in [2.75, 3.05) is 31.1 Å². The Kier molecular flexibility index (Phi) is 4.54. The first kappa shape index (κ1) is 17.1. The zero-order chi connectivity index (χ0) is 18.8. The number of rotatable bonds is 4. The van der Waals surface area contributed by atoms with Gasteiger partial charge in [0.1, 0.15) is 0 Å². The Balaban J connectivity index is 1.52. The van der Waals surface area contributed by atoms with Crippen LogP contribution in [0.5, 0.6) is 0 Å². The summed E-state index contributed by atoms with van der Waals surface area (Å²) in [5.41, 5.74) is 2.84. The predicted molar refractivity (Wildman–Crippen MR) is 105 cm³/mol. The third-order valence-corrected chi connectivity index (χ3v) is 4.91. The maximum atomic E-state index is 12.9. The van der Waals surface area contributed by atoms with Gasteiger partial charge in [0.05, 0.1) is 5.52 Å². The van der Waals surface area contributed by atoms with Gasteiger partial charge in [-0.25, -0.2) is 4.79 Å². The molecule has 0 unspecified atom stereocenters. The second-order valence-corrected chi connectivity index (χ2v) is 6.56. The fourth-order valence-electron chi connectivity index (χ4n) is 3.49. The fraction of sp³-hybridized carbons (Fsp3) is 0.238. The number of hydrogen-bond acceptors (Lipinski definition) is 4. The van der Waals surface area contributed by atoms with Crippen LogP contribution < -0.4 is 10.7 Å². The molecule has 0 spiro atoms. The lowest BCUT2D eigenvalue weighted by Crippen LogP contribution is -2.48. The number of piperazine rings is 1. The molecule has 27 heavy (non-hydrogen) atoms. The number of carbonyl (C=O) groups excluding carboxylic acids is 1. The van der Waals surface area contributed by atoms with Crippen LogP contribution in [0.4, 0.5) is 5.69 Å². The molecule has 138 valence electrons. The van der Waals surface area contributed by atoms with Crippen molar-refractivity contribution in [1.82, 2.24) is 9.47 Å². The predicted octanol–water partition coefficient (Wildman–Crippen LogP) is 2.74. The Bertz CT molecular complexity index is 1030. The molecule has 1 aromatic heterocycles. The van der Waals surface area contributed by atoms with Crippen molar-refractivity contribution in [2.45, 2.75) is 6.54 Å². The van der Waals surface area contributed by atoms with Gasteiger partial charge < -0.3 is 14.2 Å². The smallest absolute Gasteiger partial charge is 0.408 e. The molecule has 2 aromatic carbocycles. The Labute approximate surface area is 156 Å². The van der Waals surface area contributed by atoms with Crippen LogP contribution in [0.15, 0.2) is 70.4 Å². The number of allylic oxidation sites excluding steroid dienone is 1. The van der Waals surface area contributed by atoms with Gasteiger partial charge in [-0.2, -0.15) is 0 Å². The van der Waals surface area contributed by atoms with Crippen LogP contribution in [0.3, 0.4) is 0 Å². The number of para-hydroxylation sites is 1. The standard InChI is InChI=1S/C21H21N3O3/c1-2-10-24-18-15-16(8-9-19(18)27-21(24)26)20(25)23-13-11-22(12-14-23)17-6-4-3-5-7-17/h2-9,15H,1,10-14H2. The maximum Gasteiger partial charge on any atom is 0.420 e. The van der Waals surface area contributed by atoms with Crippen molar-refractivity contribution >= 4 is 22.7 Å². The van der Waals surface area contributed by atoms with E-state index < -0.39 is 5.76 Å². The summed E-state index contributed by atoms with van der Waals surface area (Å²) in [6, 6.07) is 15.4. The molecule has 6 heteroatoms. The summed E-state index contributed by atoms with van der Waals surface area (Å²) in [6.07, 6.45) is 1.63. The monoisotopic (exact) mass is 363 g/mol. The molecule has 0 aliphatic carbocycles. The van der Waals surface area contributed by atoms with E-state index in [0.717, 1.165) is 13.1 Å². The number of anilines is 1. The molecule has 0 atom stereocenters. The van der Waals surface area contributed by atoms with Crippen LogP contribution in [0.2, 0.25) is 0 Å². The summed E-state index contributed by atoms with van der Waals surface area (Å²) < 4.78 is 6.70. The van der Waals surface area contributed by atoms with Gasteiger partial charge in [-0.15, -0.1) is 6.58 Å². The zero-order valence-electron chi connectivity index (χ0n) is 15.0. The Morgan fingerprint density at radius 1 is 1.07 bits per heavy atom. The number of nitrogens with zero attached hydrogens (tertiary/aromatic N) is 3. The van der Waals surface area contributed by atoms with Crippen LogP contribution in [0.1, 0.15) is 10.4 Å². The lowest BCUT2D eigenvalue weighted by Gasteiger charge is -2.36. The largest absolute Gasteiger partial charge is 0.420 e.